The molecule has 0 aromatic carbocycles. The molecule has 1 saturated heterocycles. The number of aromatic nitrogens is 3. The molecule has 6 heteroatoms. The molecule has 0 radical (unpaired) electrons. The highest BCUT2D eigenvalue weighted by molar-refractivity contribution is 5.78. The second kappa shape index (κ2) is 5.44. The molecule has 5 heterocycles. The molecule has 128 valence electrons. The fraction of sp³-hybridized carbons (Fsp3) is 0.421. The van der Waals surface area contributed by atoms with E-state index in [0.29, 0.717) is 12.5 Å². The van der Waals surface area contributed by atoms with Gasteiger partial charge in [0.2, 0.25) is 5.91 Å². The molecule has 0 aliphatic carbocycles. The first kappa shape index (κ1) is 14.7. The van der Waals surface area contributed by atoms with Crippen LogP contribution in [0.15, 0.2) is 35.1 Å². The van der Waals surface area contributed by atoms with Crippen LogP contribution in [0, 0.1) is 0 Å². The summed E-state index contributed by atoms with van der Waals surface area (Å²) in [6, 6.07) is 6.16. The molecule has 0 unspecified atom stereocenters. The number of nitrogens with zero attached hydrogens (tertiary/aromatic N) is 4. The highest BCUT2D eigenvalue weighted by Gasteiger charge is 2.43. The van der Waals surface area contributed by atoms with Gasteiger partial charge in [-0.2, -0.15) is 5.10 Å². The number of furan rings is 1. The molecule has 0 N–H and O–H groups in total. The van der Waals surface area contributed by atoms with Gasteiger partial charge in [-0.25, -0.2) is 9.50 Å². The van der Waals surface area contributed by atoms with E-state index in [-0.39, 0.29) is 11.9 Å². The minimum atomic E-state index is 0.154. The molecular weight excluding hydrogens is 316 g/mol. The third kappa shape index (κ3) is 2.13. The van der Waals surface area contributed by atoms with Crippen molar-refractivity contribution in [3.8, 4) is 11.5 Å². The molecule has 1 fully saturated rings. The van der Waals surface area contributed by atoms with E-state index >= 15 is 0 Å². The zero-order valence-electron chi connectivity index (χ0n) is 14.2. The van der Waals surface area contributed by atoms with Crippen molar-refractivity contribution in [2.24, 2.45) is 0 Å². The predicted molar refractivity (Wildman–Crippen MR) is 91.9 cm³/mol. The van der Waals surface area contributed by atoms with Gasteiger partial charge in [0.1, 0.15) is 5.69 Å². The zero-order valence-corrected chi connectivity index (χ0v) is 14.2. The maximum absolute atomic E-state index is 12.6. The zero-order chi connectivity index (χ0) is 17.0. The fourth-order valence-corrected chi connectivity index (χ4v) is 4.35. The Morgan fingerprint density at radius 2 is 2.32 bits per heavy atom. The molecule has 25 heavy (non-hydrogen) atoms. The average molecular weight is 336 g/mol. The van der Waals surface area contributed by atoms with Gasteiger partial charge < -0.3 is 9.32 Å². The predicted octanol–water partition coefficient (Wildman–Crippen LogP) is 3.38. The smallest absolute Gasteiger partial charge is 0.223 e. The van der Waals surface area contributed by atoms with Crippen molar-refractivity contribution in [1.82, 2.24) is 19.5 Å². The summed E-state index contributed by atoms with van der Waals surface area (Å²) in [4.78, 5) is 19.3. The minimum absolute atomic E-state index is 0.154. The van der Waals surface area contributed by atoms with E-state index in [1.54, 1.807) is 6.26 Å². The molecule has 0 saturated carbocycles. The van der Waals surface area contributed by atoms with Gasteiger partial charge in [-0.05, 0) is 31.4 Å². The van der Waals surface area contributed by atoms with Gasteiger partial charge in [-0.15, -0.1) is 0 Å². The second-order valence-corrected chi connectivity index (χ2v) is 6.94. The summed E-state index contributed by atoms with van der Waals surface area (Å²) >= 11 is 0. The lowest BCUT2D eigenvalue weighted by Gasteiger charge is -2.36. The summed E-state index contributed by atoms with van der Waals surface area (Å²) in [5.41, 5.74) is 3.97. The second-order valence-electron chi connectivity index (χ2n) is 6.94. The lowest BCUT2D eigenvalue weighted by molar-refractivity contribution is -0.134. The van der Waals surface area contributed by atoms with Crippen LogP contribution in [0.2, 0.25) is 0 Å². The third-order valence-corrected chi connectivity index (χ3v) is 5.43. The molecule has 6 nitrogen and oxygen atoms in total. The maximum Gasteiger partial charge on any atom is 0.223 e. The standard InChI is InChI=1S/C19H20N4O2/c1-2-4-19(24)22-12-6-7-15(22)13-11-20-18-10-14(17-5-3-8-25-17)21-23(18)16(13)9-12/h3,5,8,10-12,15H,2,4,6-7,9H2,1H3/t12-,15-/m0/s1. The van der Waals surface area contributed by atoms with Crippen molar-refractivity contribution < 1.29 is 9.21 Å². The normalized spacial score (nSPS) is 21.7. The van der Waals surface area contributed by atoms with Crippen LogP contribution in [0.3, 0.4) is 0 Å². The molecule has 2 aliphatic rings. The number of hydrogen-bond donors (Lipinski definition) is 0. The number of fused-ring (bicyclic) bond motifs is 6. The lowest BCUT2D eigenvalue weighted by atomic mass is 9.98. The van der Waals surface area contributed by atoms with Crippen molar-refractivity contribution in [1.29, 1.82) is 0 Å². The topological polar surface area (TPSA) is 63.6 Å². The summed E-state index contributed by atoms with van der Waals surface area (Å²) in [7, 11) is 0. The van der Waals surface area contributed by atoms with Crippen molar-refractivity contribution in [3.63, 3.8) is 0 Å². The summed E-state index contributed by atoms with van der Waals surface area (Å²) < 4.78 is 7.41. The van der Waals surface area contributed by atoms with E-state index in [9.17, 15) is 4.79 Å². The Bertz CT molecular complexity index is 944. The SMILES string of the molecule is CCCC(=O)N1[C@H]2CC[C@H]1c1cnc3cc(-c4ccco4)nn3c1C2. The van der Waals surface area contributed by atoms with Gasteiger partial charge in [0.25, 0.3) is 0 Å². The lowest BCUT2D eigenvalue weighted by Crippen LogP contribution is -2.42. The van der Waals surface area contributed by atoms with Crippen LogP contribution in [0.1, 0.15) is 49.9 Å². The molecule has 3 aromatic heterocycles. The van der Waals surface area contributed by atoms with E-state index in [4.69, 9.17) is 9.52 Å². The van der Waals surface area contributed by atoms with E-state index in [1.165, 1.54) is 5.69 Å². The Balaban J connectivity index is 1.60. The molecule has 3 aromatic rings. The maximum atomic E-state index is 12.6. The molecule has 5 rings (SSSR count). The number of carbonyl (C=O) groups excluding carboxylic acids is 1. The van der Waals surface area contributed by atoms with Crippen molar-refractivity contribution >= 4 is 11.6 Å². The Hall–Kier alpha value is -2.63. The van der Waals surface area contributed by atoms with Crippen molar-refractivity contribution in [2.45, 2.75) is 51.1 Å². The first-order valence-electron chi connectivity index (χ1n) is 8.99. The van der Waals surface area contributed by atoms with Crippen LogP contribution < -0.4 is 0 Å². The van der Waals surface area contributed by atoms with Crippen LogP contribution in [0.25, 0.3) is 17.1 Å². The van der Waals surface area contributed by atoms with Gasteiger partial charge in [0.05, 0.1) is 18.0 Å². The minimum Gasteiger partial charge on any atom is -0.463 e. The summed E-state index contributed by atoms with van der Waals surface area (Å²) in [6.07, 6.45) is 8.04. The molecule has 1 amide bonds. The van der Waals surface area contributed by atoms with E-state index in [2.05, 4.69) is 16.8 Å². The van der Waals surface area contributed by atoms with Gasteiger partial charge in [0, 0.05) is 36.7 Å². The quantitative estimate of drug-likeness (QED) is 0.735. The van der Waals surface area contributed by atoms with Gasteiger partial charge >= 0.3 is 0 Å². The van der Waals surface area contributed by atoms with Gasteiger partial charge in [0.15, 0.2) is 11.4 Å². The summed E-state index contributed by atoms with van der Waals surface area (Å²) in [5.74, 6) is 1.02. The number of carbonyl (C=O) groups is 1. The average Bonchev–Trinajstić information content (AvgIpc) is 3.32. The Morgan fingerprint density at radius 3 is 3.12 bits per heavy atom. The number of amides is 1. The summed E-state index contributed by atoms with van der Waals surface area (Å²) in [6.45, 7) is 2.06. The monoisotopic (exact) mass is 336 g/mol. The van der Waals surface area contributed by atoms with Gasteiger partial charge in [-0.1, -0.05) is 6.92 Å². The molecule has 2 aliphatic heterocycles. The Kier molecular flexibility index (Phi) is 3.20. The van der Waals surface area contributed by atoms with Crippen LogP contribution in [-0.2, 0) is 11.2 Å². The fourth-order valence-electron chi connectivity index (χ4n) is 4.35. The molecular formula is C19H20N4O2. The molecule has 0 spiro atoms. The van der Waals surface area contributed by atoms with Crippen LogP contribution in [0.4, 0.5) is 0 Å². The Labute approximate surface area is 145 Å². The first-order chi connectivity index (χ1) is 12.3. The first-order valence-corrected chi connectivity index (χ1v) is 8.99. The summed E-state index contributed by atoms with van der Waals surface area (Å²) in [5, 5.41) is 4.73. The van der Waals surface area contributed by atoms with Crippen molar-refractivity contribution in [2.75, 3.05) is 0 Å². The van der Waals surface area contributed by atoms with E-state index in [1.807, 2.05) is 28.9 Å². The highest BCUT2D eigenvalue weighted by Crippen LogP contribution is 2.44. The largest absolute Gasteiger partial charge is 0.463 e. The van der Waals surface area contributed by atoms with Crippen molar-refractivity contribution in [3.05, 3.63) is 41.9 Å². The van der Waals surface area contributed by atoms with Crippen LogP contribution in [0.5, 0.6) is 0 Å². The van der Waals surface area contributed by atoms with E-state index in [0.717, 1.165) is 48.3 Å². The van der Waals surface area contributed by atoms with Crippen LogP contribution in [-0.4, -0.2) is 31.4 Å². The van der Waals surface area contributed by atoms with Gasteiger partial charge in [-0.3, -0.25) is 4.79 Å². The molecule has 2 atom stereocenters. The highest BCUT2D eigenvalue weighted by atomic mass is 16.3. The van der Waals surface area contributed by atoms with Crippen LogP contribution >= 0.6 is 0 Å². The third-order valence-electron chi connectivity index (χ3n) is 5.43. The number of rotatable bonds is 3. The van der Waals surface area contributed by atoms with E-state index < -0.39 is 0 Å². The number of hydrogen-bond acceptors (Lipinski definition) is 4. The molecule has 2 bridgehead atoms. The Morgan fingerprint density at radius 1 is 1.40 bits per heavy atom.